The molecule has 4 nitrogen and oxygen atoms in total. The number of halogens is 2. The summed E-state index contributed by atoms with van der Waals surface area (Å²) in [5, 5.41) is 4.99. The van der Waals surface area contributed by atoms with Crippen molar-refractivity contribution in [1.29, 1.82) is 0 Å². The normalized spacial score (nSPS) is 14.6. The fourth-order valence-corrected chi connectivity index (χ4v) is 2.77. The second-order valence-corrected chi connectivity index (χ2v) is 5.88. The van der Waals surface area contributed by atoms with E-state index in [1.54, 1.807) is 0 Å². The first-order valence-electron chi connectivity index (χ1n) is 7.94. The van der Waals surface area contributed by atoms with Crippen molar-refractivity contribution in [2.45, 2.75) is 19.4 Å². The van der Waals surface area contributed by atoms with Crippen molar-refractivity contribution in [1.82, 2.24) is 4.90 Å². The molecule has 0 radical (unpaired) electrons. The van der Waals surface area contributed by atoms with Crippen molar-refractivity contribution in [2.75, 3.05) is 23.7 Å². The first-order chi connectivity index (χ1) is 11.6. The van der Waals surface area contributed by atoms with Gasteiger partial charge in [-0.2, -0.15) is 0 Å². The number of nitrogens with zero attached hydrogens (tertiary/aromatic N) is 1. The largest absolute Gasteiger partial charge is 0.323 e. The highest BCUT2D eigenvalue weighted by Crippen LogP contribution is 2.17. The summed E-state index contributed by atoms with van der Waals surface area (Å²) in [7, 11) is 0. The van der Waals surface area contributed by atoms with E-state index in [1.807, 2.05) is 24.3 Å². The number of carbonyl (C=O) groups is 1. The first kappa shape index (κ1) is 16.4. The van der Waals surface area contributed by atoms with Crippen molar-refractivity contribution in [3.8, 4) is 0 Å². The molecule has 1 aliphatic rings. The van der Waals surface area contributed by atoms with Crippen LogP contribution in [0.5, 0.6) is 0 Å². The zero-order valence-corrected chi connectivity index (χ0v) is 13.2. The van der Waals surface area contributed by atoms with E-state index >= 15 is 0 Å². The Morgan fingerprint density at radius 3 is 2.38 bits per heavy atom. The average molecular weight is 331 g/mol. The molecule has 1 aliphatic heterocycles. The van der Waals surface area contributed by atoms with Crippen LogP contribution in [0, 0.1) is 11.6 Å². The molecule has 0 spiro atoms. The van der Waals surface area contributed by atoms with E-state index in [4.69, 9.17) is 0 Å². The zero-order valence-electron chi connectivity index (χ0n) is 13.2. The minimum Gasteiger partial charge on any atom is -0.308 e. The number of hydrogen-bond acceptors (Lipinski definition) is 2. The van der Waals surface area contributed by atoms with Crippen LogP contribution in [0.4, 0.5) is 25.0 Å². The maximum absolute atomic E-state index is 13.5. The second-order valence-electron chi connectivity index (χ2n) is 5.88. The fraction of sp³-hybridized carbons (Fsp3) is 0.278. The van der Waals surface area contributed by atoms with Gasteiger partial charge in [-0.05, 0) is 55.8 Å². The Labute approximate surface area is 139 Å². The number of benzene rings is 2. The molecule has 0 unspecified atom stereocenters. The van der Waals surface area contributed by atoms with E-state index in [9.17, 15) is 13.6 Å². The number of likely N-dealkylation sites (tertiary alicyclic amines) is 1. The quantitative estimate of drug-likeness (QED) is 0.882. The van der Waals surface area contributed by atoms with Gasteiger partial charge in [0.05, 0.1) is 5.69 Å². The van der Waals surface area contributed by atoms with E-state index in [2.05, 4.69) is 15.5 Å². The van der Waals surface area contributed by atoms with Gasteiger partial charge in [-0.3, -0.25) is 4.90 Å². The molecule has 2 aromatic rings. The molecule has 2 amide bonds. The fourth-order valence-electron chi connectivity index (χ4n) is 2.77. The van der Waals surface area contributed by atoms with E-state index in [0.29, 0.717) is 5.69 Å². The molecule has 0 aromatic heterocycles. The lowest BCUT2D eigenvalue weighted by Crippen LogP contribution is -2.20. The van der Waals surface area contributed by atoms with Gasteiger partial charge in [0.15, 0.2) is 0 Å². The predicted octanol–water partition coefficient (Wildman–Crippen LogP) is 4.20. The lowest BCUT2D eigenvalue weighted by atomic mass is 10.2. The van der Waals surface area contributed by atoms with Gasteiger partial charge in [-0.1, -0.05) is 12.1 Å². The van der Waals surface area contributed by atoms with Gasteiger partial charge in [0, 0.05) is 18.3 Å². The van der Waals surface area contributed by atoms with Crippen LogP contribution in [0.2, 0.25) is 0 Å². The third kappa shape index (κ3) is 4.29. The van der Waals surface area contributed by atoms with Crippen LogP contribution in [-0.4, -0.2) is 24.0 Å². The molecular formula is C18H19F2N3O. The Kier molecular flexibility index (Phi) is 5.05. The molecule has 1 saturated heterocycles. The summed E-state index contributed by atoms with van der Waals surface area (Å²) in [6.45, 7) is 3.17. The highest BCUT2D eigenvalue weighted by Gasteiger charge is 2.12. The van der Waals surface area contributed by atoms with E-state index in [1.165, 1.54) is 24.5 Å². The number of anilines is 2. The molecule has 6 heteroatoms. The summed E-state index contributed by atoms with van der Waals surface area (Å²) in [5.74, 6) is -1.50. The Morgan fingerprint density at radius 2 is 1.71 bits per heavy atom. The van der Waals surface area contributed by atoms with Gasteiger partial charge in [0.1, 0.15) is 11.6 Å². The van der Waals surface area contributed by atoms with Gasteiger partial charge in [-0.15, -0.1) is 0 Å². The standard InChI is InChI=1S/C18H19F2N3O/c19-14-5-8-17(16(20)11-14)22-18(24)21-15-6-3-13(4-7-15)12-23-9-1-2-10-23/h3-8,11H,1-2,9-10,12H2,(H2,21,22,24). The molecule has 2 N–H and O–H groups in total. The number of nitrogens with one attached hydrogen (secondary N) is 2. The third-order valence-electron chi connectivity index (χ3n) is 4.00. The van der Waals surface area contributed by atoms with Crippen LogP contribution in [0.1, 0.15) is 18.4 Å². The summed E-state index contributed by atoms with van der Waals surface area (Å²) in [4.78, 5) is 14.3. The molecule has 3 rings (SSSR count). The van der Waals surface area contributed by atoms with Gasteiger partial charge >= 0.3 is 6.03 Å². The summed E-state index contributed by atoms with van der Waals surface area (Å²) in [6, 6.07) is 9.97. The molecule has 0 atom stereocenters. The molecule has 0 bridgehead atoms. The van der Waals surface area contributed by atoms with Crippen molar-refractivity contribution >= 4 is 17.4 Å². The third-order valence-corrected chi connectivity index (χ3v) is 4.00. The number of hydrogen-bond donors (Lipinski definition) is 2. The van der Waals surface area contributed by atoms with Gasteiger partial charge in [0.25, 0.3) is 0 Å². The van der Waals surface area contributed by atoms with Crippen LogP contribution < -0.4 is 10.6 Å². The second kappa shape index (κ2) is 7.40. The van der Waals surface area contributed by atoms with Gasteiger partial charge in [-0.25, -0.2) is 13.6 Å². The topological polar surface area (TPSA) is 44.4 Å². The maximum Gasteiger partial charge on any atom is 0.323 e. The molecule has 0 aliphatic carbocycles. The summed E-state index contributed by atoms with van der Waals surface area (Å²) in [5.41, 5.74) is 1.73. The van der Waals surface area contributed by atoms with Crippen molar-refractivity contribution < 1.29 is 13.6 Å². The summed E-state index contributed by atoms with van der Waals surface area (Å²) < 4.78 is 26.4. The van der Waals surface area contributed by atoms with E-state index in [-0.39, 0.29) is 5.69 Å². The maximum atomic E-state index is 13.5. The first-order valence-corrected chi connectivity index (χ1v) is 7.94. The minimum absolute atomic E-state index is 0.0699. The SMILES string of the molecule is O=C(Nc1ccc(CN2CCCC2)cc1)Nc1ccc(F)cc1F. The van der Waals surface area contributed by atoms with Crippen LogP contribution in [0.15, 0.2) is 42.5 Å². The lowest BCUT2D eigenvalue weighted by molar-refractivity contribution is 0.262. The number of carbonyl (C=O) groups excluding carboxylic acids is 1. The van der Waals surface area contributed by atoms with E-state index < -0.39 is 17.7 Å². The van der Waals surface area contributed by atoms with Crippen LogP contribution >= 0.6 is 0 Å². The molecule has 0 saturated carbocycles. The summed E-state index contributed by atoms with van der Waals surface area (Å²) in [6.07, 6.45) is 2.50. The Hall–Kier alpha value is -2.47. The number of amides is 2. The van der Waals surface area contributed by atoms with Crippen molar-refractivity contribution in [3.63, 3.8) is 0 Å². The Bertz CT molecular complexity index is 713. The highest BCUT2D eigenvalue weighted by atomic mass is 19.1. The molecule has 126 valence electrons. The molecule has 1 fully saturated rings. The predicted molar refractivity (Wildman–Crippen MR) is 90.0 cm³/mol. The average Bonchev–Trinajstić information content (AvgIpc) is 3.05. The Morgan fingerprint density at radius 1 is 1.00 bits per heavy atom. The molecule has 2 aromatic carbocycles. The van der Waals surface area contributed by atoms with Crippen LogP contribution in [0.25, 0.3) is 0 Å². The zero-order chi connectivity index (χ0) is 16.9. The van der Waals surface area contributed by atoms with Crippen LogP contribution in [0.3, 0.4) is 0 Å². The monoisotopic (exact) mass is 331 g/mol. The van der Waals surface area contributed by atoms with Gasteiger partial charge in [0.2, 0.25) is 0 Å². The summed E-state index contributed by atoms with van der Waals surface area (Å²) >= 11 is 0. The van der Waals surface area contributed by atoms with E-state index in [0.717, 1.165) is 31.8 Å². The van der Waals surface area contributed by atoms with Crippen LogP contribution in [-0.2, 0) is 6.54 Å². The molecule has 24 heavy (non-hydrogen) atoms. The van der Waals surface area contributed by atoms with Gasteiger partial charge < -0.3 is 10.6 Å². The Balaban J connectivity index is 1.55. The van der Waals surface area contributed by atoms with Crippen molar-refractivity contribution in [3.05, 3.63) is 59.7 Å². The molecule has 1 heterocycles. The smallest absolute Gasteiger partial charge is 0.308 e. The number of rotatable bonds is 4. The highest BCUT2D eigenvalue weighted by molar-refractivity contribution is 5.99. The van der Waals surface area contributed by atoms with Crippen molar-refractivity contribution in [2.24, 2.45) is 0 Å². The lowest BCUT2D eigenvalue weighted by Gasteiger charge is -2.15. The molecular weight excluding hydrogens is 312 g/mol. The number of urea groups is 1. The minimum atomic E-state index is -0.814.